The molecule has 0 aliphatic rings. The van der Waals surface area contributed by atoms with Gasteiger partial charge in [-0.3, -0.25) is 0 Å². The summed E-state index contributed by atoms with van der Waals surface area (Å²) >= 11 is 0. The predicted octanol–water partition coefficient (Wildman–Crippen LogP) is 3.08. The molecule has 0 amide bonds. The Bertz CT molecular complexity index is 355. The number of hydrogen-bond acceptors (Lipinski definition) is 2. The van der Waals surface area contributed by atoms with Gasteiger partial charge in [0.1, 0.15) is 0 Å². The quantitative estimate of drug-likeness (QED) is 0.731. The summed E-state index contributed by atoms with van der Waals surface area (Å²) in [4.78, 5) is 0. The topological polar surface area (TPSA) is 34.1 Å². The van der Waals surface area contributed by atoms with Gasteiger partial charge in [-0.1, -0.05) is 0 Å². The second-order valence-electron chi connectivity index (χ2n) is 4.52. The molecule has 0 spiro atoms. The van der Waals surface area contributed by atoms with Gasteiger partial charge in [0, 0.05) is 0 Å². The van der Waals surface area contributed by atoms with Gasteiger partial charge < -0.3 is 0 Å². The van der Waals surface area contributed by atoms with Crippen molar-refractivity contribution in [1.29, 1.82) is 0 Å². The van der Waals surface area contributed by atoms with Crippen LogP contribution in [0.2, 0.25) is 0 Å². The van der Waals surface area contributed by atoms with Gasteiger partial charge in [0.15, 0.2) is 19.3 Å². The van der Waals surface area contributed by atoms with Crippen LogP contribution in [0.25, 0.3) is 0 Å². The minimum Gasteiger partial charge on any atom is -0.227 e. The zero-order valence-corrected chi connectivity index (χ0v) is 10.3. The Morgan fingerprint density at radius 2 is 0.824 bits per heavy atom. The molecule has 0 unspecified atom stereocenters. The average Bonchev–Trinajstić information content (AvgIpc) is 1.98. The smallest absolute Gasteiger partial charge is 0.227 e. The van der Waals surface area contributed by atoms with Gasteiger partial charge in [-0.2, -0.15) is 26.3 Å². The van der Waals surface area contributed by atoms with Crippen LogP contribution in [-0.4, -0.2) is 30.3 Å². The first kappa shape index (κ1) is 16.5. The van der Waals surface area contributed by atoms with E-state index in [2.05, 4.69) is 0 Å². The van der Waals surface area contributed by atoms with Gasteiger partial charge in [-0.05, 0) is 27.7 Å². The molecule has 0 saturated carbocycles. The van der Waals surface area contributed by atoms with E-state index in [0.29, 0.717) is 0 Å². The maximum Gasteiger partial charge on any atom is 0.407 e. The van der Waals surface area contributed by atoms with Gasteiger partial charge in [0.25, 0.3) is 0 Å². The summed E-state index contributed by atoms with van der Waals surface area (Å²) in [7, 11) is -5.50. The molecule has 0 fully saturated rings. The lowest BCUT2D eigenvalue weighted by Crippen LogP contribution is -2.59. The molecule has 0 aliphatic carbocycles. The van der Waals surface area contributed by atoms with Crippen molar-refractivity contribution in [2.45, 2.75) is 49.5 Å². The highest BCUT2D eigenvalue weighted by molar-refractivity contribution is 7.94. The van der Waals surface area contributed by atoms with Gasteiger partial charge in [-0.25, -0.2) is 8.42 Å². The summed E-state index contributed by atoms with van der Waals surface area (Å²) in [6.07, 6.45) is -10.6. The molecule has 0 heterocycles. The highest BCUT2D eigenvalue weighted by Crippen LogP contribution is 2.47. The van der Waals surface area contributed by atoms with Crippen molar-refractivity contribution in [2.24, 2.45) is 0 Å². The molecular weight excluding hydrogens is 274 g/mol. The molecule has 0 rings (SSSR count). The zero-order valence-electron chi connectivity index (χ0n) is 9.49. The number of alkyl halides is 6. The van der Waals surface area contributed by atoms with E-state index in [1.54, 1.807) is 0 Å². The fourth-order valence-corrected chi connectivity index (χ4v) is 2.83. The molecule has 0 aliphatic heterocycles. The summed E-state index contributed by atoms with van der Waals surface area (Å²) in [6, 6.07) is 0. The minimum absolute atomic E-state index is 0.218. The standard InChI is InChI=1S/C8H12F6O2S/c1-5(2,7(9,10)11)17(15,16)6(3,4)8(12,13)14/h1-4H3. The van der Waals surface area contributed by atoms with Crippen LogP contribution < -0.4 is 0 Å². The fourth-order valence-electron chi connectivity index (χ4n) is 0.943. The third kappa shape index (κ3) is 2.25. The maximum atomic E-state index is 12.5. The molecule has 0 saturated heterocycles. The van der Waals surface area contributed by atoms with Gasteiger partial charge >= 0.3 is 12.4 Å². The monoisotopic (exact) mass is 286 g/mol. The molecule has 9 heteroatoms. The Morgan fingerprint density at radius 1 is 0.647 bits per heavy atom. The first-order valence-corrected chi connectivity index (χ1v) is 5.86. The van der Waals surface area contributed by atoms with Crippen molar-refractivity contribution in [3.05, 3.63) is 0 Å². The Labute approximate surface area is 94.9 Å². The molecule has 0 aromatic carbocycles. The summed E-state index contributed by atoms with van der Waals surface area (Å²) in [5.74, 6) is 0. The summed E-state index contributed by atoms with van der Waals surface area (Å²) < 4.78 is 91.1. The van der Waals surface area contributed by atoms with Gasteiger partial charge in [-0.15, -0.1) is 0 Å². The van der Waals surface area contributed by atoms with Crippen molar-refractivity contribution in [3.63, 3.8) is 0 Å². The van der Waals surface area contributed by atoms with Crippen LogP contribution >= 0.6 is 0 Å². The van der Waals surface area contributed by atoms with Gasteiger partial charge in [0.2, 0.25) is 0 Å². The van der Waals surface area contributed by atoms with Crippen LogP contribution in [0.4, 0.5) is 26.3 Å². The second-order valence-corrected chi connectivity index (χ2v) is 7.57. The third-order valence-electron chi connectivity index (χ3n) is 2.71. The SMILES string of the molecule is CC(C)(C(F)(F)F)S(=O)(=O)C(C)(C)C(F)(F)F. The normalized spacial score (nSPS) is 16.1. The lowest BCUT2D eigenvalue weighted by atomic mass is 10.2. The van der Waals surface area contributed by atoms with Crippen LogP contribution in [-0.2, 0) is 9.84 Å². The molecule has 2 nitrogen and oxygen atoms in total. The molecule has 0 aromatic heterocycles. The van der Waals surface area contributed by atoms with E-state index >= 15 is 0 Å². The molecule has 104 valence electrons. The highest BCUT2D eigenvalue weighted by atomic mass is 32.2. The average molecular weight is 286 g/mol. The first-order valence-electron chi connectivity index (χ1n) is 4.38. The lowest BCUT2D eigenvalue weighted by molar-refractivity contribution is -0.164. The fraction of sp³-hybridized carbons (Fsp3) is 1.00. The highest BCUT2D eigenvalue weighted by Gasteiger charge is 2.68. The largest absolute Gasteiger partial charge is 0.407 e. The Balaban J connectivity index is 5.94. The van der Waals surface area contributed by atoms with Gasteiger partial charge in [0.05, 0.1) is 0 Å². The van der Waals surface area contributed by atoms with Crippen LogP contribution in [0.5, 0.6) is 0 Å². The lowest BCUT2D eigenvalue weighted by Gasteiger charge is -2.37. The van der Waals surface area contributed by atoms with E-state index in [9.17, 15) is 34.8 Å². The molecule has 0 N–H and O–H groups in total. The second kappa shape index (κ2) is 3.76. The Hall–Kier alpha value is -0.470. The summed E-state index contributed by atoms with van der Waals surface area (Å²) in [5.41, 5.74) is 0. The third-order valence-corrected chi connectivity index (χ3v) is 5.86. The van der Waals surface area contributed by atoms with Crippen molar-refractivity contribution < 1.29 is 34.8 Å². The predicted molar refractivity (Wildman–Crippen MR) is 49.2 cm³/mol. The summed E-state index contributed by atoms with van der Waals surface area (Å²) in [5, 5.41) is 0. The summed E-state index contributed by atoms with van der Waals surface area (Å²) in [6.45, 7) is 0.872. The molecule has 0 radical (unpaired) electrons. The van der Waals surface area contributed by atoms with E-state index in [1.807, 2.05) is 0 Å². The van der Waals surface area contributed by atoms with Crippen molar-refractivity contribution >= 4 is 9.84 Å². The van der Waals surface area contributed by atoms with Crippen LogP contribution in [0.15, 0.2) is 0 Å². The van der Waals surface area contributed by atoms with E-state index in [4.69, 9.17) is 0 Å². The zero-order chi connectivity index (χ0) is 14.5. The molecule has 0 atom stereocenters. The number of rotatable bonds is 2. The minimum atomic E-state index is -5.50. The Morgan fingerprint density at radius 3 is 0.941 bits per heavy atom. The molecule has 0 bridgehead atoms. The van der Waals surface area contributed by atoms with E-state index in [-0.39, 0.29) is 27.7 Å². The van der Waals surface area contributed by atoms with Crippen LogP contribution in [0.1, 0.15) is 27.7 Å². The van der Waals surface area contributed by atoms with Crippen LogP contribution in [0, 0.1) is 0 Å². The maximum absolute atomic E-state index is 12.5. The number of halogens is 6. The van der Waals surface area contributed by atoms with Crippen molar-refractivity contribution in [1.82, 2.24) is 0 Å². The number of sulfone groups is 1. The molecular formula is C8H12F6O2S. The Kier molecular flexibility index (Phi) is 3.66. The van der Waals surface area contributed by atoms with E-state index in [1.165, 1.54) is 0 Å². The molecule has 17 heavy (non-hydrogen) atoms. The van der Waals surface area contributed by atoms with Crippen LogP contribution in [0.3, 0.4) is 0 Å². The van der Waals surface area contributed by atoms with Crippen molar-refractivity contribution in [3.8, 4) is 0 Å². The molecule has 0 aromatic rings. The van der Waals surface area contributed by atoms with E-state index < -0.39 is 31.7 Å². The van der Waals surface area contributed by atoms with E-state index in [0.717, 1.165) is 0 Å². The first-order chi connectivity index (χ1) is 7.00. The number of hydrogen-bond donors (Lipinski definition) is 0. The van der Waals surface area contributed by atoms with Crippen molar-refractivity contribution in [2.75, 3.05) is 0 Å².